The summed E-state index contributed by atoms with van der Waals surface area (Å²) in [6, 6.07) is 17.6. The van der Waals surface area contributed by atoms with Gasteiger partial charge in [0.05, 0.1) is 24.4 Å². The molecule has 1 unspecified atom stereocenters. The number of aromatic hydroxyl groups is 1. The van der Waals surface area contributed by atoms with Gasteiger partial charge in [-0.1, -0.05) is 47.6 Å². The van der Waals surface area contributed by atoms with Crippen LogP contribution in [-0.2, 0) is 0 Å². The highest BCUT2D eigenvalue weighted by Crippen LogP contribution is 2.41. The summed E-state index contributed by atoms with van der Waals surface area (Å²) >= 11 is 0. The Labute approximate surface area is 206 Å². The second kappa shape index (κ2) is 9.18. The van der Waals surface area contributed by atoms with Crippen molar-refractivity contribution in [1.82, 2.24) is 15.5 Å². The van der Waals surface area contributed by atoms with Crippen LogP contribution in [0.2, 0.25) is 0 Å². The van der Waals surface area contributed by atoms with Crippen LogP contribution < -0.4 is 15.0 Å². The average molecular weight is 487 g/mol. The quantitative estimate of drug-likeness (QED) is 0.381. The Morgan fingerprint density at radius 2 is 1.86 bits per heavy atom. The molecule has 9 heteroatoms. The van der Waals surface area contributed by atoms with Gasteiger partial charge in [-0.3, -0.25) is 4.90 Å². The molecule has 2 heterocycles. The number of nitrogens with zero attached hydrogens (tertiary/aromatic N) is 3. The fourth-order valence-corrected chi connectivity index (χ4v) is 4.23. The molecule has 3 aromatic carbocycles. The SMILES string of the molecule is COc1ccc(C2NC(=O)N(c3ccc(C)c(F)c3)C(C)=C2c2nc(-c3ccccc3)no2)cc1O. The molecule has 0 radical (unpaired) electrons. The maximum atomic E-state index is 14.4. The summed E-state index contributed by atoms with van der Waals surface area (Å²) in [6.07, 6.45) is 0. The third-order valence-corrected chi connectivity index (χ3v) is 6.12. The third-order valence-electron chi connectivity index (χ3n) is 6.12. The number of hydrogen-bond donors (Lipinski definition) is 2. The number of aryl methyl sites for hydroxylation is 1. The van der Waals surface area contributed by atoms with Crippen molar-refractivity contribution in [2.75, 3.05) is 12.0 Å². The number of phenolic OH excluding ortho intramolecular Hbond substituents is 1. The predicted octanol–water partition coefficient (Wildman–Crippen LogP) is 5.60. The molecule has 0 fully saturated rings. The largest absolute Gasteiger partial charge is 0.504 e. The van der Waals surface area contributed by atoms with E-state index in [0.717, 1.165) is 5.56 Å². The molecule has 0 saturated carbocycles. The van der Waals surface area contributed by atoms with E-state index < -0.39 is 17.9 Å². The summed E-state index contributed by atoms with van der Waals surface area (Å²) in [5, 5.41) is 17.5. The number of carbonyl (C=O) groups is 1. The zero-order valence-electron chi connectivity index (χ0n) is 19.8. The monoisotopic (exact) mass is 486 g/mol. The topological polar surface area (TPSA) is 101 Å². The fourth-order valence-electron chi connectivity index (χ4n) is 4.23. The van der Waals surface area contributed by atoms with Gasteiger partial charge in [0.2, 0.25) is 5.82 Å². The summed E-state index contributed by atoms with van der Waals surface area (Å²) in [6.45, 7) is 3.38. The molecular formula is C27H23FN4O4. The number of ether oxygens (including phenoxy) is 1. The Hall–Kier alpha value is -4.66. The van der Waals surface area contributed by atoms with Crippen LogP contribution >= 0.6 is 0 Å². The summed E-state index contributed by atoms with van der Waals surface area (Å²) in [7, 11) is 1.45. The van der Waals surface area contributed by atoms with Crippen molar-refractivity contribution in [1.29, 1.82) is 0 Å². The van der Waals surface area contributed by atoms with Gasteiger partial charge in [-0.05, 0) is 49.2 Å². The van der Waals surface area contributed by atoms with Gasteiger partial charge in [0, 0.05) is 11.3 Å². The summed E-state index contributed by atoms with van der Waals surface area (Å²) in [5.41, 5.74) is 3.14. The van der Waals surface area contributed by atoms with Crippen LogP contribution in [0.4, 0.5) is 14.9 Å². The highest BCUT2D eigenvalue weighted by Gasteiger charge is 2.37. The number of carbonyl (C=O) groups excluding carboxylic acids is 1. The molecule has 182 valence electrons. The van der Waals surface area contributed by atoms with Crippen molar-refractivity contribution in [3.05, 3.63) is 95.3 Å². The summed E-state index contributed by atoms with van der Waals surface area (Å²) in [4.78, 5) is 19.3. The molecule has 4 aromatic rings. The van der Waals surface area contributed by atoms with Crippen LogP contribution in [0.25, 0.3) is 17.0 Å². The molecule has 1 aromatic heterocycles. The van der Waals surface area contributed by atoms with E-state index in [-0.39, 0.29) is 11.6 Å². The molecular weight excluding hydrogens is 463 g/mol. The van der Waals surface area contributed by atoms with Crippen LogP contribution in [0.3, 0.4) is 0 Å². The average Bonchev–Trinajstić information content (AvgIpc) is 3.36. The van der Waals surface area contributed by atoms with E-state index in [0.29, 0.717) is 39.7 Å². The van der Waals surface area contributed by atoms with E-state index in [1.165, 1.54) is 24.1 Å². The molecule has 0 aliphatic carbocycles. The molecule has 1 aliphatic rings. The van der Waals surface area contributed by atoms with Crippen molar-refractivity contribution < 1.29 is 23.6 Å². The minimum absolute atomic E-state index is 0.0835. The first-order valence-electron chi connectivity index (χ1n) is 11.2. The van der Waals surface area contributed by atoms with E-state index in [9.17, 15) is 14.3 Å². The Balaban J connectivity index is 1.67. The van der Waals surface area contributed by atoms with Gasteiger partial charge in [0.15, 0.2) is 11.5 Å². The lowest BCUT2D eigenvalue weighted by Crippen LogP contribution is -2.46. The molecule has 5 rings (SSSR count). The van der Waals surface area contributed by atoms with Gasteiger partial charge in [-0.15, -0.1) is 0 Å². The van der Waals surface area contributed by atoms with Crippen molar-refractivity contribution in [2.45, 2.75) is 19.9 Å². The number of allylic oxidation sites excluding steroid dienone is 1. The molecule has 36 heavy (non-hydrogen) atoms. The standard InChI is InChI=1S/C27H23FN4O4/c1-15-9-11-19(14-20(15)28)32-16(2)23(26-30-25(31-36-26)17-7-5-4-6-8-17)24(29-27(32)34)18-10-12-22(35-3)21(33)13-18/h4-14,24,33H,1-3H3,(H,29,34). The number of nitrogens with one attached hydrogen (secondary N) is 1. The lowest BCUT2D eigenvalue weighted by atomic mass is 9.94. The highest BCUT2D eigenvalue weighted by atomic mass is 19.1. The van der Waals surface area contributed by atoms with Gasteiger partial charge in [0.25, 0.3) is 5.89 Å². The molecule has 0 spiro atoms. The first kappa shape index (κ1) is 23.1. The number of halogens is 1. The molecule has 2 amide bonds. The first-order valence-corrected chi connectivity index (χ1v) is 11.2. The summed E-state index contributed by atoms with van der Waals surface area (Å²) < 4.78 is 25.2. The fraction of sp³-hybridized carbons (Fsp3) is 0.148. The number of anilines is 1. The first-order chi connectivity index (χ1) is 17.4. The minimum Gasteiger partial charge on any atom is -0.504 e. The van der Waals surface area contributed by atoms with Crippen molar-refractivity contribution in [2.24, 2.45) is 0 Å². The second-order valence-electron chi connectivity index (χ2n) is 8.37. The Morgan fingerprint density at radius 3 is 2.56 bits per heavy atom. The van der Waals surface area contributed by atoms with Crippen molar-refractivity contribution in [3.8, 4) is 22.9 Å². The van der Waals surface area contributed by atoms with Gasteiger partial charge in [-0.25, -0.2) is 9.18 Å². The normalized spacial score (nSPS) is 15.7. The number of amides is 2. The Bertz CT molecular complexity index is 1480. The molecule has 8 nitrogen and oxygen atoms in total. The zero-order chi connectivity index (χ0) is 25.4. The molecule has 1 atom stereocenters. The van der Waals surface area contributed by atoms with E-state index in [1.54, 1.807) is 38.1 Å². The number of rotatable bonds is 5. The highest BCUT2D eigenvalue weighted by molar-refractivity contribution is 6.01. The van der Waals surface area contributed by atoms with Crippen LogP contribution in [0, 0.1) is 12.7 Å². The van der Waals surface area contributed by atoms with E-state index in [2.05, 4.69) is 15.5 Å². The minimum atomic E-state index is -0.732. The van der Waals surface area contributed by atoms with Crippen LogP contribution in [0.15, 0.2) is 77.0 Å². The molecule has 1 aliphatic heterocycles. The number of benzene rings is 3. The number of hydrogen-bond acceptors (Lipinski definition) is 6. The zero-order valence-corrected chi connectivity index (χ0v) is 19.8. The maximum absolute atomic E-state index is 14.4. The number of aromatic nitrogens is 2. The smallest absolute Gasteiger partial charge is 0.327 e. The van der Waals surface area contributed by atoms with Gasteiger partial charge in [-0.2, -0.15) is 4.98 Å². The number of methoxy groups -OCH3 is 1. The maximum Gasteiger partial charge on any atom is 0.327 e. The van der Waals surface area contributed by atoms with Crippen LogP contribution in [-0.4, -0.2) is 28.4 Å². The van der Waals surface area contributed by atoms with Crippen LogP contribution in [0.1, 0.15) is 30.0 Å². The number of urea groups is 1. The lowest BCUT2D eigenvalue weighted by Gasteiger charge is -2.35. The van der Waals surface area contributed by atoms with E-state index in [1.807, 2.05) is 30.3 Å². The number of phenols is 1. The third kappa shape index (κ3) is 4.04. The predicted molar refractivity (Wildman–Crippen MR) is 132 cm³/mol. The Morgan fingerprint density at radius 1 is 1.08 bits per heavy atom. The van der Waals surface area contributed by atoms with Gasteiger partial charge >= 0.3 is 6.03 Å². The van der Waals surface area contributed by atoms with Gasteiger partial charge < -0.3 is 19.7 Å². The second-order valence-corrected chi connectivity index (χ2v) is 8.37. The lowest BCUT2D eigenvalue weighted by molar-refractivity contribution is 0.244. The molecule has 0 saturated heterocycles. The van der Waals surface area contributed by atoms with E-state index >= 15 is 0 Å². The van der Waals surface area contributed by atoms with Crippen LogP contribution in [0.5, 0.6) is 11.5 Å². The summed E-state index contributed by atoms with van der Waals surface area (Å²) in [5.74, 6) is 0.348. The molecule has 0 bridgehead atoms. The van der Waals surface area contributed by atoms with E-state index in [4.69, 9.17) is 9.26 Å². The van der Waals surface area contributed by atoms with Crippen molar-refractivity contribution in [3.63, 3.8) is 0 Å². The Kier molecular flexibility index (Phi) is 5.89. The molecule has 2 N–H and O–H groups in total. The van der Waals surface area contributed by atoms with Gasteiger partial charge in [0.1, 0.15) is 5.82 Å². The van der Waals surface area contributed by atoms with Crippen molar-refractivity contribution >= 4 is 17.3 Å².